The van der Waals surface area contributed by atoms with Gasteiger partial charge in [0.2, 0.25) is 11.8 Å². The number of phenolic OH excluding ortho intramolecular Hbond substituents is 1. The van der Waals surface area contributed by atoms with E-state index in [2.05, 4.69) is 15.9 Å². The monoisotopic (exact) mass is 642 g/mol. The van der Waals surface area contributed by atoms with Crippen LogP contribution in [0.5, 0.6) is 5.75 Å². The number of imide groups is 1. The highest BCUT2D eigenvalue weighted by atomic mass is 79.9. The molecule has 3 N–H and O–H groups in total. The number of aliphatic hydroxyl groups excluding tert-OH is 2. The van der Waals surface area contributed by atoms with Crippen LogP contribution in [0.3, 0.4) is 0 Å². The number of fused-ring (bicyclic) bond motifs is 1. The number of hydrogen-bond donors (Lipinski definition) is 3. The molecule has 0 radical (unpaired) electrons. The van der Waals surface area contributed by atoms with E-state index in [1.165, 1.54) is 31.4 Å². The number of nitro benzene ring substituents is 1. The first kappa shape index (κ1) is 31.6. The van der Waals surface area contributed by atoms with Crippen LogP contribution in [0.1, 0.15) is 44.6 Å². The number of phenols is 1. The normalized spacial score (nSPS) is 21.6. The van der Waals surface area contributed by atoms with Crippen molar-refractivity contribution >= 4 is 45.2 Å². The third kappa shape index (κ3) is 6.49. The van der Waals surface area contributed by atoms with Gasteiger partial charge in [0.05, 0.1) is 41.8 Å². The molecule has 224 valence electrons. The molecule has 0 bridgehead atoms. The molecule has 1 heterocycles. The molecule has 1 saturated heterocycles. The first-order valence-corrected chi connectivity index (χ1v) is 14.7. The summed E-state index contributed by atoms with van der Waals surface area (Å²) in [5.74, 6) is -3.43. The topological polar surface area (TPSA) is 150 Å². The molecule has 1 fully saturated rings. The first-order chi connectivity index (χ1) is 20.1. The van der Waals surface area contributed by atoms with Gasteiger partial charge in [0.1, 0.15) is 5.75 Å². The number of hydrogen-bond acceptors (Lipinski definition) is 8. The minimum Gasteiger partial charge on any atom is -0.507 e. The quantitative estimate of drug-likeness (QED) is 0.124. The predicted molar refractivity (Wildman–Crippen MR) is 161 cm³/mol. The Bertz CT molecular complexity index is 1420. The lowest BCUT2D eigenvalue weighted by Gasteiger charge is -2.36. The Hall–Kier alpha value is -3.38. The highest BCUT2D eigenvalue weighted by Gasteiger charge is 2.55. The van der Waals surface area contributed by atoms with Gasteiger partial charge < -0.3 is 20.1 Å². The molecule has 10 nitrogen and oxygen atoms in total. The zero-order valence-corrected chi connectivity index (χ0v) is 25.1. The summed E-state index contributed by atoms with van der Waals surface area (Å²) in [5.41, 5.74) is 2.71. The fourth-order valence-electron chi connectivity index (χ4n) is 6.20. The van der Waals surface area contributed by atoms with Crippen molar-refractivity contribution < 1.29 is 34.6 Å². The van der Waals surface area contributed by atoms with Crippen LogP contribution in [0, 0.1) is 27.9 Å². The standard InChI is InChI=1S/C31H35BrN2O8/c1-3-5-18(12-19-13-21(32)9-11-26(19)36)8-10-27(37)28-20(17-42-2)14-24-29(25(28)16-35)31(39)33(30(24)38)22-6-4-7-23(15-22)34(40)41/h4,6-7,9,11-13,15,24-25,27,29,35-37H,3,5,8,10,14,16-17H2,1-2H3/b18-12+/t24-,25+,27-,29-/m1/s1. The van der Waals surface area contributed by atoms with E-state index in [0.717, 1.165) is 27.8 Å². The van der Waals surface area contributed by atoms with Crippen LogP contribution >= 0.6 is 15.9 Å². The number of allylic oxidation sites excluding steroid dienone is 1. The SMILES string of the molecule is CCC/C(=C\c1cc(Br)ccc1O)CC[C@@H](O)C1=C(COC)C[C@H]2C(=O)N(c3cccc([N+](=O)[O-])c3)C(=O)[C@H]2[C@H]1CO. The third-order valence-electron chi connectivity index (χ3n) is 8.02. The molecule has 11 heteroatoms. The highest BCUT2D eigenvalue weighted by Crippen LogP contribution is 2.47. The van der Waals surface area contributed by atoms with Crippen molar-refractivity contribution in [3.63, 3.8) is 0 Å². The van der Waals surface area contributed by atoms with Gasteiger partial charge in [0, 0.05) is 35.2 Å². The van der Waals surface area contributed by atoms with Crippen molar-refractivity contribution in [3.05, 3.63) is 79.3 Å². The molecule has 0 saturated carbocycles. The summed E-state index contributed by atoms with van der Waals surface area (Å²) >= 11 is 3.43. The van der Waals surface area contributed by atoms with Gasteiger partial charge in [-0.15, -0.1) is 0 Å². The average Bonchev–Trinajstić information content (AvgIpc) is 3.21. The van der Waals surface area contributed by atoms with Crippen molar-refractivity contribution in [2.75, 3.05) is 25.2 Å². The molecule has 1 aliphatic heterocycles. The molecule has 4 atom stereocenters. The first-order valence-electron chi connectivity index (χ1n) is 13.9. The molecule has 2 aliphatic rings. The van der Waals surface area contributed by atoms with Gasteiger partial charge in [0.25, 0.3) is 5.69 Å². The number of benzene rings is 2. The van der Waals surface area contributed by atoms with Gasteiger partial charge in [-0.25, -0.2) is 4.90 Å². The summed E-state index contributed by atoms with van der Waals surface area (Å²) in [6.45, 7) is 1.70. The van der Waals surface area contributed by atoms with Crippen molar-refractivity contribution in [2.45, 2.75) is 45.1 Å². The molecule has 0 aromatic heterocycles. The number of anilines is 1. The fraction of sp³-hybridized carbons (Fsp3) is 0.419. The Balaban J connectivity index is 1.63. The molecule has 2 amide bonds. The summed E-state index contributed by atoms with van der Waals surface area (Å²) in [5, 5.41) is 43.7. The van der Waals surface area contributed by atoms with Crippen LogP contribution in [-0.2, 0) is 14.3 Å². The van der Waals surface area contributed by atoms with Crippen LogP contribution in [0.2, 0.25) is 0 Å². The maximum atomic E-state index is 13.7. The Morgan fingerprint density at radius 1 is 1.21 bits per heavy atom. The second-order valence-corrected chi connectivity index (χ2v) is 11.6. The summed E-state index contributed by atoms with van der Waals surface area (Å²) in [4.78, 5) is 38.9. The molecule has 0 unspecified atom stereocenters. The van der Waals surface area contributed by atoms with Crippen LogP contribution < -0.4 is 4.90 Å². The number of ether oxygens (including phenoxy) is 1. The largest absolute Gasteiger partial charge is 0.507 e. The van der Waals surface area contributed by atoms with Crippen molar-refractivity contribution in [1.29, 1.82) is 0 Å². The zero-order chi connectivity index (χ0) is 30.6. The molecule has 2 aromatic carbocycles. The maximum absolute atomic E-state index is 13.7. The van der Waals surface area contributed by atoms with Gasteiger partial charge in [-0.2, -0.15) is 0 Å². The van der Waals surface area contributed by atoms with Crippen LogP contribution in [0.4, 0.5) is 11.4 Å². The van der Waals surface area contributed by atoms with Crippen molar-refractivity contribution in [2.24, 2.45) is 17.8 Å². The van der Waals surface area contributed by atoms with E-state index in [4.69, 9.17) is 4.74 Å². The molecule has 1 aliphatic carbocycles. The van der Waals surface area contributed by atoms with E-state index in [-0.39, 0.29) is 30.2 Å². The number of carbonyl (C=O) groups excluding carboxylic acids is 2. The molecule has 2 aromatic rings. The van der Waals surface area contributed by atoms with E-state index in [1.54, 1.807) is 12.1 Å². The van der Waals surface area contributed by atoms with Gasteiger partial charge >= 0.3 is 0 Å². The summed E-state index contributed by atoms with van der Waals surface area (Å²) in [7, 11) is 1.50. The number of aliphatic hydroxyl groups is 2. The van der Waals surface area contributed by atoms with Gasteiger partial charge in [-0.1, -0.05) is 47.0 Å². The maximum Gasteiger partial charge on any atom is 0.271 e. The van der Waals surface area contributed by atoms with Crippen LogP contribution in [-0.4, -0.2) is 58.5 Å². The summed E-state index contributed by atoms with van der Waals surface area (Å²) in [6, 6.07) is 10.5. The number of amides is 2. The Kier molecular flexibility index (Phi) is 10.3. The van der Waals surface area contributed by atoms with Crippen molar-refractivity contribution in [3.8, 4) is 5.75 Å². The number of aromatic hydroxyl groups is 1. The van der Waals surface area contributed by atoms with E-state index < -0.39 is 47.2 Å². The Morgan fingerprint density at radius 2 is 1.98 bits per heavy atom. The molecule has 42 heavy (non-hydrogen) atoms. The van der Waals surface area contributed by atoms with Crippen molar-refractivity contribution in [1.82, 2.24) is 0 Å². The highest BCUT2D eigenvalue weighted by molar-refractivity contribution is 9.10. The van der Waals surface area contributed by atoms with E-state index in [0.29, 0.717) is 29.6 Å². The van der Waals surface area contributed by atoms with Gasteiger partial charge in [-0.05, 0) is 61.1 Å². The Morgan fingerprint density at radius 3 is 2.64 bits per heavy atom. The fourth-order valence-corrected chi connectivity index (χ4v) is 6.57. The number of carbonyl (C=O) groups is 2. The minimum absolute atomic E-state index is 0.103. The molecular weight excluding hydrogens is 608 g/mol. The number of methoxy groups -OCH3 is 1. The second-order valence-electron chi connectivity index (χ2n) is 10.7. The number of non-ortho nitro benzene ring substituents is 1. The lowest BCUT2D eigenvalue weighted by atomic mass is 9.68. The predicted octanol–water partition coefficient (Wildman–Crippen LogP) is 5.15. The minimum atomic E-state index is -1.01. The van der Waals surface area contributed by atoms with Gasteiger partial charge in [0.15, 0.2) is 0 Å². The summed E-state index contributed by atoms with van der Waals surface area (Å²) < 4.78 is 6.24. The van der Waals surface area contributed by atoms with Crippen LogP contribution in [0.25, 0.3) is 6.08 Å². The van der Waals surface area contributed by atoms with Gasteiger partial charge in [-0.3, -0.25) is 19.7 Å². The lowest BCUT2D eigenvalue weighted by molar-refractivity contribution is -0.384. The third-order valence-corrected chi connectivity index (χ3v) is 8.51. The summed E-state index contributed by atoms with van der Waals surface area (Å²) in [6.07, 6.45) is 3.48. The number of nitrogens with zero attached hydrogens (tertiary/aromatic N) is 2. The Labute approximate surface area is 252 Å². The van der Waals surface area contributed by atoms with E-state index in [1.807, 2.05) is 19.1 Å². The number of nitro groups is 1. The molecule has 0 spiro atoms. The average molecular weight is 644 g/mol. The zero-order valence-electron chi connectivity index (χ0n) is 23.5. The molecule has 4 rings (SSSR count). The molecular formula is C31H35BrN2O8. The number of halogens is 1. The second kappa shape index (κ2) is 13.7. The number of rotatable bonds is 12. The van der Waals surface area contributed by atoms with E-state index in [9.17, 15) is 35.0 Å². The lowest BCUT2D eigenvalue weighted by Crippen LogP contribution is -2.39. The van der Waals surface area contributed by atoms with Crippen LogP contribution in [0.15, 0.2) is 63.7 Å². The van der Waals surface area contributed by atoms with E-state index >= 15 is 0 Å². The smallest absolute Gasteiger partial charge is 0.271 e.